The van der Waals surface area contributed by atoms with Gasteiger partial charge in [0.15, 0.2) is 16.5 Å². The minimum absolute atomic E-state index is 0.514. The molecular weight excluding hydrogens is 306 g/mol. The molecule has 1 heterocycles. The van der Waals surface area contributed by atoms with Crippen molar-refractivity contribution < 1.29 is 4.52 Å². The van der Waals surface area contributed by atoms with Crippen molar-refractivity contribution in [3.05, 3.63) is 53.6 Å². The number of aryl methyl sites for hydroxylation is 2. The maximum Gasteiger partial charge on any atom is 0.183 e. The first-order valence-electron chi connectivity index (χ1n) is 7.76. The zero-order chi connectivity index (χ0) is 16.2. The lowest BCUT2D eigenvalue weighted by Gasteiger charge is -2.16. The van der Waals surface area contributed by atoms with E-state index in [1.807, 2.05) is 24.3 Å². The topological polar surface area (TPSA) is 50.1 Å². The molecule has 0 bridgehead atoms. The Hall–Kier alpha value is -2.40. The van der Waals surface area contributed by atoms with Crippen LogP contribution in [0.1, 0.15) is 25.0 Å². The van der Waals surface area contributed by atoms with Gasteiger partial charge in [-0.15, -0.1) is 0 Å². The Morgan fingerprint density at radius 3 is 2.39 bits per heavy atom. The number of benzene rings is 2. The van der Waals surface area contributed by atoms with Crippen molar-refractivity contribution >= 4 is 39.8 Å². The van der Waals surface area contributed by atoms with E-state index in [2.05, 4.69) is 47.8 Å². The number of para-hydroxylation sites is 2. The number of nitrogens with zero attached hydrogens (tertiary/aromatic N) is 1. The quantitative estimate of drug-likeness (QED) is 0.677. The molecule has 0 saturated carbocycles. The molecule has 118 valence electrons. The minimum Gasteiger partial charge on any atom is -0.354 e. The van der Waals surface area contributed by atoms with E-state index in [9.17, 15) is 0 Å². The average Bonchev–Trinajstić information content (AvgIpc) is 2.98. The third-order valence-corrected chi connectivity index (χ3v) is 4.05. The number of aromatic nitrogens is 1. The van der Waals surface area contributed by atoms with E-state index in [1.54, 1.807) is 0 Å². The van der Waals surface area contributed by atoms with E-state index in [0.29, 0.717) is 10.9 Å². The van der Waals surface area contributed by atoms with E-state index >= 15 is 0 Å². The first-order valence-corrected chi connectivity index (χ1v) is 8.17. The van der Waals surface area contributed by atoms with Crippen LogP contribution in [0.4, 0.5) is 11.5 Å². The highest BCUT2D eigenvalue weighted by molar-refractivity contribution is 7.80. The Morgan fingerprint density at radius 2 is 1.70 bits per heavy atom. The molecule has 0 aliphatic carbocycles. The molecule has 23 heavy (non-hydrogen) atoms. The molecule has 0 aliphatic heterocycles. The fourth-order valence-corrected chi connectivity index (χ4v) is 2.83. The van der Waals surface area contributed by atoms with Gasteiger partial charge in [0.25, 0.3) is 0 Å². The largest absolute Gasteiger partial charge is 0.354 e. The minimum atomic E-state index is 0.514. The number of thiocarbonyl (C=S) groups is 1. The highest BCUT2D eigenvalue weighted by Crippen LogP contribution is 2.25. The van der Waals surface area contributed by atoms with Crippen LogP contribution in [0.5, 0.6) is 0 Å². The van der Waals surface area contributed by atoms with Gasteiger partial charge < -0.3 is 15.2 Å². The van der Waals surface area contributed by atoms with Crippen LogP contribution >= 0.6 is 12.2 Å². The van der Waals surface area contributed by atoms with Crippen molar-refractivity contribution in [1.29, 1.82) is 0 Å². The van der Waals surface area contributed by atoms with Gasteiger partial charge in [0.1, 0.15) is 0 Å². The maximum atomic E-state index is 5.46. The Morgan fingerprint density at radius 1 is 1.00 bits per heavy atom. The summed E-state index contributed by atoms with van der Waals surface area (Å²) in [4.78, 5) is 0. The average molecular weight is 325 g/mol. The number of nitrogens with one attached hydrogen (secondary N) is 2. The summed E-state index contributed by atoms with van der Waals surface area (Å²) in [6.45, 7) is 4.28. The van der Waals surface area contributed by atoms with Gasteiger partial charge in [-0.2, -0.15) is 0 Å². The number of anilines is 2. The van der Waals surface area contributed by atoms with Gasteiger partial charge in [-0.25, -0.2) is 0 Å². The molecule has 1 aromatic heterocycles. The fraction of sp³-hybridized carbons (Fsp3) is 0.222. The third kappa shape index (κ3) is 3.19. The lowest BCUT2D eigenvalue weighted by Crippen LogP contribution is -2.21. The van der Waals surface area contributed by atoms with Gasteiger partial charge in [-0.1, -0.05) is 49.3 Å². The van der Waals surface area contributed by atoms with E-state index in [1.165, 1.54) is 11.1 Å². The summed E-state index contributed by atoms with van der Waals surface area (Å²) in [5.74, 6) is 0.630. The Kier molecular flexibility index (Phi) is 4.57. The molecule has 0 aliphatic rings. The summed E-state index contributed by atoms with van der Waals surface area (Å²) < 4.78 is 5.29. The van der Waals surface area contributed by atoms with Crippen LogP contribution in [0.2, 0.25) is 0 Å². The summed E-state index contributed by atoms with van der Waals surface area (Å²) in [5, 5.41) is 11.9. The molecule has 0 unspecified atom stereocenters. The highest BCUT2D eigenvalue weighted by atomic mass is 32.1. The van der Waals surface area contributed by atoms with Gasteiger partial charge in [0, 0.05) is 5.69 Å². The van der Waals surface area contributed by atoms with Gasteiger partial charge in [-0.05, 0) is 48.3 Å². The molecule has 0 saturated heterocycles. The molecule has 0 fully saturated rings. The molecule has 3 rings (SSSR count). The van der Waals surface area contributed by atoms with Crippen LogP contribution in [0.15, 0.2) is 47.0 Å². The van der Waals surface area contributed by atoms with Crippen molar-refractivity contribution in [2.45, 2.75) is 26.7 Å². The lowest BCUT2D eigenvalue weighted by atomic mass is 10.0. The summed E-state index contributed by atoms with van der Waals surface area (Å²) in [6, 6.07) is 14.0. The Balaban J connectivity index is 1.83. The van der Waals surface area contributed by atoms with Crippen LogP contribution in [-0.2, 0) is 12.8 Å². The Bertz CT molecular complexity index is 819. The normalized spacial score (nSPS) is 10.7. The summed E-state index contributed by atoms with van der Waals surface area (Å²) >= 11 is 5.46. The van der Waals surface area contributed by atoms with Gasteiger partial charge in [0.2, 0.25) is 0 Å². The predicted molar refractivity (Wildman–Crippen MR) is 99.1 cm³/mol. The summed E-state index contributed by atoms with van der Waals surface area (Å²) in [6.07, 6.45) is 1.90. The summed E-state index contributed by atoms with van der Waals surface area (Å²) in [7, 11) is 0. The first kappa shape index (κ1) is 15.5. The van der Waals surface area contributed by atoms with Gasteiger partial charge in [0.05, 0.1) is 5.39 Å². The fourth-order valence-electron chi connectivity index (χ4n) is 2.63. The van der Waals surface area contributed by atoms with Crippen molar-refractivity contribution in [2.24, 2.45) is 0 Å². The van der Waals surface area contributed by atoms with E-state index in [4.69, 9.17) is 16.7 Å². The molecule has 0 radical (unpaired) electrons. The second-order valence-corrected chi connectivity index (χ2v) is 5.67. The van der Waals surface area contributed by atoms with Crippen LogP contribution < -0.4 is 10.6 Å². The highest BCUT2D eigenvalue weighted by Gasteiger charge is 2.11. The van der Waals surface area contributed by atoms with Crippen LogP contribution in [0, 0.1) is 0 Å². The van der Waals surface area contributed by atoms with Crippen molar-refractivity contribution in [2.75, 3.05) is 10.6 Å². The zero-order valence-corrected chi connectivity index (χ0v) is 14.0. The smallest absolute Gasteiger partial charge is 0.183 e. The van der Waals surface area contributed by atoms with Crippen LogP contribution in [0.25, 0.3) is 11.0 Å². The lowest BCUT2D eigenvalue weighted by molar-refractivity contribution is 0.460. The molecular formula is C18H19N3OS. The molecule has 5 heteroatoms. The molecule has 2 N–H and O–H groups in total. The monoisotopic (exact) mass is 325 g/mol. The maximum absolute atomic E-state index is 5.46. The van der Waals surface area contributed by atoms with Crippen molar-refractivity contribution in [3.8, 4) is 0 Å². The van der Waals surface area contributed by atoms with E-state index < -0.39 is 0 Å². The third-order valence-electron chi connectivity index (χ3n) is 3.85. The Labute approximate surface area is 140 Å². The number of hydrogen-bond donors (Lipinski definition) is 2. The molecule has 2 aromatic carbocycles. The van der Waals surface area contributed by atoms with Crippen LogP contribution in [0.3, 0.4) is 0 Å². The van der Waals surface area contributed by atoms with E-state index in [-0.39, 0.29) is 0 Å². The second kappa shape index (κ2) is 6.79. The molecule has 3 aromatic rings. The second-order valence-electron chi connectivity index (χ2n) is 5.26. The van der Waals surface area contributed by atoms with Crippen molar-refractivity contribution in [3.63, 3.8) is 0 Å². The molecule has 0 spiro atoms. The first-order chi connectivity index (χ1) is 11.2. The molecule has 0 amide bonds. The zero-order valence-electron chi connectivity index (χ0n) is 13.2. The van der Waals surface area contributed by atoms with Crippen molar-refractivity contribution in [1.82, 2.24) is 5.16 Å². The van der Waals surface area contributed by atoms with E-state index in [0.717, 1.165) is 29.5 Å². The number of hydrogen-bond acceptors (Lipinski definition) is 3. The van der Waals surface area contributed by atoms with Crippen LogP contribution in [-0.4, -0.2) is 10.3 Å². The van der Waals surface area contributed by atoms with Gasteiger partial charge in [-0.3, -0.25) is 0 Å². The summed E-state index contributed by atoms with van der Waals surface area (Å²) in [5.41, 5.74) is 4.32. The number of fused-ring (bicyclic) bond motifs is 1. The standard InChI is InChI=1S/C18H19N3OS/c1-3-12-8-7-9-13(4-2)16(12)19-18(23)20-17-14-10-5-6-11-15(14)22-21-17/h5-11H,3-4H2,1-2H3,(H2,19,20,21,23). The molecule has 4 nitrogen and oxygen atoms in total. The number of rotatable bonds is 4. The van der Waals surface area contributed by atoms with Gasteiger partial charge >= 0.3 is 0 Å². The SMILES string of the molecule is CCc1cccc(CC)c1NC(=S)Nc1noc2ccccc12. The predicted octanol–water partition coefficient (Wildman–Crippen LogP) is 4.76. The molecule has 0 atom stereocenters.